The second-order valence-corrected chi connectivity index (χ2v) is 7.14. The minimum Gasteiger partial charge on any atom is -0.497 e. The van der Waals surface area contributed by atoms with Crippen molar-refractivity contribution in [3.63, 3.8) is 0 Å². The van der Waals surface area contributed by atoms with Crippen molar-refractivity contribution in [2.24, 2.45) is 0 Å². The van der Waals surface area contributed by atoms with E-state index in [1.54, 1.807) is 19.5 Å². The molecule has 1 aromatic carbocycles. The number of hydrogen-bond donors (Lipinski definition) is 0. The van der Waals surface area contributed by atoms with Crippen molar-refractivity contribution in [3.8, 4) is 5.75 Å². The number of methoxy groups -OCH3 is 1. The van der Waals surface area contributed by atoms with E-state index in [0.29, 0.717) is 17.8 Å². The lowest BCUT2D eigenvalue weighted by Crippen LogP contribution is -2.45. The first-order valence-electron chi connectivity index (χ1n) is 8.55. The summed E-state index contributed by atoms with van der Waals surface area (Å²) in [5.41, 5.74) is 1.67. The highest BCUT2D eigenvalue weighted by atomic mass is 16.5. The Kier molecular flexibility index (Phi) is 4.89. The summed E-state index contributed by atoms with van der Waals surface area (Å²) in [7, 11) is 1.64. The number of rotatable bonds is 4. The van der Waals surface area contributed by atoms with Gasteiger partial charge in [0.25, 0.3) is 5.91 Å². The van der Waals surface area contributed by atoms with Gasteiger partial charge in [0.1, 0.15) is 11.3 Å². The zero-order chi connectivity index (χ0) is 18.7. The summed E-state index contributed by atoms with van der Waals surface area (Å²) in [4.78, 5) is 23.9. The summed E-state index contributed by atoms with van der Waals surface area (Å²) in [6, 6.07) is 13.4. The molecular formula is C21H23N3O2. The molecule has 3 aromatic rings. The first-order chi connectivity index (χ1) is 12.4. The minimum absolute atomic E-state index is 0.127. The molecule has 0 aliphatic heterocycles. The Balaban J connectivity index is 1.97. The predicted octanol–water partition coefficient (Wildman–Crippen LogP) is 4.08. The average Bonchev–Trinajstić information content (AvgIpc) is 2.64. The van der Waals surface area contributed by atoms with Crippen molar-refractivity contribution >= 4 is 16.8 Å². The third kappa shape index (κ3) is 3.67. The molecule has 0 unspecified atom stereocenters. The number of fused-ring (bicyclic) bond motifs is 1. The molecule has 0 radical (unpaired) electrons. The fourth-order valence-corrected chi connectivity index (χ4v) is 2.81. The maximum atomic E-state index is 13.3. The Morgan fingerprint density at radius 1 is 1.04 bits per heavy atom. The van der Waals surface area contributed by atoms with Gasteiger partial charge in [-0.1, -0.05) is 18.2 Å². The lowest BCUT2D eigenvalue weighted by atomic mass is 10.0. The van der Waals surface area contributed by atoms with Crippen molar-refractivity contribution in [1.82, 2.24) is 14.9 Å². The molecule has 2 heterocycles. The Morgan fingerprint density at radius 3 is 2.42 bits per heavy atom. The van der Waals surface area contributed by atoms with E-state index in [9.17, 15) is 4.79 Å². The van der Waals surface area contributed by atoms with Gasteiger partial charge in [-0.15, -0.1) is 0 Å². The van der Waals surface area contributed by atoms with Crippen molar-refractivity contribution in [2.45, 2.75) is 32.9 Å². The molecule has 3 rings (SSSR count). The molecule has 0 spiro atoms. The molecule has 0 aliphatic carbocycles. The van der Waals surface area contributed by atoms with Gasteiger partial charge in [-0.25, -0.2) is 4.98 Å². The summed E-state index contributed by atoms with van der Waals surface area (Å²) in [6.45, 7) is 6.55. The van der Waals surface area contributed by atoms with E-state index in [2.05, 4.69) is 9.97 Å². The molecule has 1 amide bonds. The Morgan fingerprint density at radius 2 is 1.77 bits per heavy atom. The van der Waals surface area contributed by atoms with Crippen LogP contribution in [0.15, 0.2) is 54.9 Å². The second-order valence-electron chi connectivity index (χ2n) is 7.14. The van der Waals surface area contributed by atoms with Crippen LogP contribution in [0.2, 0.25) is 0 Å². The smallest absolute Gasteiger partial charge is 0.275 e. The van der Waals surface area contributed by atoms with Crippen LogP contribution in [-0.2, 0) is 6.54 Å². The van der Waals surface area contributed by atoms with Crippen molar-refractivity contribution < 1.29 is 9.53 Å². The molecule has 26 heavy (non-hydrogen) atoms. The lowest BCUT2D eigenvalue weighted by Gasteiger charge is -2.35. The van der Waals surface area contributed by atoms with E-state index in [-0.39, 0.29) is 11.4 Å². The summed E-state index contributed by atoms with van der Waals surface area (Å²) >= 11 is 0. The number of hydrogen-bond acceptors (Lipinski definition) is 4. The maximum absolute atomic E-state index is 13.3. The third-order valence-corrected chi connectivity index (χ3v) is 4.28. The summed E-state index contributed by atoms with van der Waals surface area (Å²) in [5.74, 6) is 0.667. The van der Waals surface area contributed by atoms with Crippen LogP contribution >= 0.6 is 0 Å². The van der Waals surface area contributed by atoms with Crippen LogP contribution < -0.4 is 4.74 Å². The average molecular weight is 349 g/mol. The quantitative estimate of drug-likeness (QED) is 0.712. The Hall–Kier alpha value is -2.95. The number of nitrogens with zero attached hydrogens (tertiary/aromatic N) is 3. The molecule has 0 saturated heterocycles. The molecule has 0 atom stereocenters. The molecule has 2 aromatic heterocycles. The number of carbonyl (C=O) groups is 1. The lowest BCUT2D eigenvalue weighted by molar-refractivity contribution is 0.0555. The number of ether oxygens (including phenoxy) is 1. The molecule has 0 saturated carbocycles. The molecule has 0 aliphatic rings. The first kappa shape index (κ1) is 17.9. The molecule has 0 bridgehead atoms. The van der Waals surface area contributed by atoms with Crippen molar-refractivity contribution in [3.05, 3.63) is 66.1 Å². The van der Waals surface area contributed by atoms with Crippen LogP contribution in [0.4, 0.5) is 0 Å². The van der Waals surface area contributed by atoms with Crippen LogP contribution in [0.3, 0.4) is 0 Å². The topological polar surface area (TPSA) is 55.3 Å². The van der Waals surface area contributed by atoms with Crippen LogP contribution in [0, 0.1) is 0 Å². The van der Waals surface area contributed by atoms with Gasteiger partial charge in [-0.2, -0.15) is 0 Å². The van der Waals surface area contributed by atoms with Crippen LogP contribution in [0.1, 0.15) is 36.8 Å². The molecule has 0 fully saturated rings. The minimum atomic E-state index is -0.365. The number of aromatic nitrogens is 2. The summed E-state index contributed by atoms with van der Waals surface area (Å²) < 4.78 is 5.21. The van der Waals surface area contributed by atoms with Gasteiger partial charge in [0.2, 0.25) is 0 Å². The van der Waals surface area contributed by atoms with Gasteiger partial charge in [-0.05, 0) is 50.6 Å². The van der Waals surface area contributed by atoms with Crippen LogP contribution in [0.5, 0.6) is 5.75 Å². The fraction of sp³-hybridized carbons (Fsp3) is 0.286. The summed E-state index contributed by atoms with van der Waals surface area (Å²) in [5, 5.41) is 0.907. The van der Waals surface area contributed by atoms with E-state index < -0.39 is 0 Å². The van der Waals surface area contributed by atoms with Gasteiger partial charge < -0.3 is 9.64 Å². The van der Waals surface area contributed by atoms with Gasteiger partial charge in [0.05, 0.1) is 7.11 Å². The SMILES string of the molecule is COc1ccc(CN(C(=O)c2nccc3cccnc23)C(C)(C)C)cc1. The zero-order valence-corrected chi connectivity index (χ0v) is 15.6. The Labute approximate surface area is 153 Å². The Bertz CT molecular complexity index is 909. The first-order valence-corrected chi connectivity index (χ1v) is 8.55. The molecule has 134 valence electrons. The number of amides is 1. The van der Waals surface area contributed by atoms with Crippen LogP contribution in [-0.4, -0.2) is 33.4 Å². The molecule has 5 heteroatoms. The predicted molar refractivity (Wildman–Crippen MR) is 102 cm³/mol. The molecule has 0 N–H and O–H groups in total. The monoisotopic (exact) mass is 349 g/mol. The highest BCUT2D eigenvalue weighted by Crippen LogP contribution is 2.24. The number of carbonyl (C=O) groups excluding carboxylic acids is 1. The third-order valence-electron chi connectivity index (χ3n) is 4.28. The standard InChI is InChI=1S/C21H23N3O2/c1-21(2,3)24(14-15-7-9-17(26-4)10-8-15)20(25)19-18-16(11-13-23-19)6-5-12-22-18/h5-13H,14H2,1-4H3. The normalized spacial score (nSPS) is 11.4. The van der Waals surface area contributed by atoms with E-state index in [4.69, 9.17) is 4.74 Å². The van der Waals surface area contributed by atoms with Crippen molar-refractivity contribution in [1.29, 1.82) is 0 Å². The van der Waals surface area contributed by atoms with E-state index in [0.717, 1.165) is 16.7 Å². The zero-order valence-electron chi connectivity index (χ0n) is 15.6. The van der Waals surface area contributed by atoms with Gasteiger partial charge in [-0.3, -0.25) is 9.78 Å². The van der Waals surface area contributed by atoms with Crippen LogP contribution in [0.25, 0.3) is 10.9 Å². The van der Waals surface area contributed by atoms with Gasteiger partial charge in [0, 0.05) is 29.9 Å². The van der Waals surface area contributed by atoms with Gasteiger partial charge in [0.15, 0.2) is 5.69 Å². The van der Waals surface area contributed by atoms with Crippen molar-refractivity contribution in [2.75, 3.05) is 7.11 Å². The van der Waals surface area contributed by atoms with Gasteiger partial charge >= 0.3 is 0 Å². The number of pyridine rings is 2. The van der Waals surface area contributed by atoms with E-state index in [1.165, 1.54) is 0 Å². The maximum Gasteiger partial charge on any atom is 0.275 e. The fourth-order valence-electron chi connectivity index (χ4n) is 2.81. The molecular weight excluding hydrogens is 326 g/mol. The molecule has 5 nitrogen and oxygen atoms in total. The summed E-state index contributed by atoms with van der Waals surface area (Å²) in [6.07, 6.45) is 3.34. The van der Waals surface area contributed by atoms with E-state index in [1.807, 2.05) is 68.1 Å². The van der Waals surface area contributed by atoms with E-state index >= 15 is 0 Å². The largest absolute Gasteiger partial charge is 0.497 e. The number of benzene rings is 1. The highest BCUT2D eigenvalue weighted by Gasteiger charge is 2.29. The second kappa shape index (κ2) is 7.12. The highest BCUT2D eigenvalue weighted by molar-refractivity contribution is 6.03.